The molecule has 3 N–H and O–H groups in total. The molecule has 1 atom stereocenters. The predicted molar refractivity (Wildman–Crippen MR) is 70.9 cm³/mol. The second-order valence-corrected chi connectivity index (χ2v) is 5.31. The number of halogens is 1. The van der Waals surface area contributed by atoms with Gasteiger partial charge in [-0.3, -0.25) is 4.79 Å². The minimum Gasteiger partial charge on any atom is -0.481 e. The van der Waals surface area contributed by atoms with E-state index >= 15 is 0 Å². The van der Waals surface area contributed by atoms with E-state index in [1.165, 1.54) is 0 Å². The highest BCUT2D eigenvalue weighted by Crippen LogP contribution is 2.24. The topological polar surface area (TPSA) is 61.4 Å². The molecule has 0 amide bonds. The fraction of sp³-hybridized carbons (Fsp3) is 0.462. The standard InChI is InChI=1S/C13H17ClN2O2/c1-9(10-3-2-4-11(14)5-10)16-13(6-12(17)18)7-15-8-13/h2-5,9,15-16H,6-8H2,1H3,(H,17,18). The second-order valence-electron chi connectivity index (χ2n) is 4.88. The summed E-state index contributed by atoms with van der Waals surface area (Å²) < 4.78 is 0. The third kappa shape index (κ3) is 3.02. The zero-order valence-electron chi connectivity index (χ0n) is 10.2. The molecule has 0 bridgehead atoms. The highest BCUT2D eigenvalue weighted by molar-refractivity contribution is 6.30. The van der Waals surface area contributed by atoms with Crippen LogP contribution in [0.2, 0.25) is 5.02 Å². The van der Waals surface area contributed by atoms with Crippen molar-refractivity contribution in [3.63, 3.8) is 0 Å². The molecule has 0 radical (unpaired) electrons. The van der Waals surface area contributed by atoms with Crippen molar-refractivity contribution in [1.82, 2.24) is 10.6 Å². The molecule has 1 aromatic carbocycles. The van der Waals surface area contributed by atoms with Crippen molar-refractivity contribution in [2.24, 2.45) is 0 Å². The summed E-state index contributed by atoms with van der Waals surface area (Å²) in [4.78, 5) is 10.9. The number of hydrogen-bond donors (Lipinski definition) is 3. The number of benzene rings is 1. The first-order valence-electron chi connectivity index (χ1n) is 5.96. The molecule has 1 aliphatic rings. The van der Waals surface area contributed by atoms with Crippen LogP contribution in [0.5, 0.6) is 0 Å². The molecule has 5 heteroatoms. The number of rotatable bonds is 5. The molecule has 4 nitrogen and oxygen atoms in total. The van der Waals surface area contributed by atoms with E-state index in [0.717, 1.165) is 5.56 Å². The molecule has 1 heterocycles. The average Bonchev–Trinajstić information content (AvgIpc) is 2.25. The third-order valence-corrected chi connectivity index (χ3v) is 3.52. The minimum atomic E-state index is -0.776. The highest BCUT2D eigenvalue weighted by Gasteiger charge is 2.39. The minimum absolute atomic E-state index is 0.0742. The van der Waals surface area contributed by atoms with Crippen molar-refractivity contribution in [3.05, 3.63) is 34.9 Å². The largest absolute Gasteiger partial charge is 0.481 e. The monoisotopic (exact) mass is 268 g/mol. The molecular formula is C13H17ClN2O2. The van der Waals surface area contributed by atoms with Gasteiger partial charge in [0.2, 0.25) is 0 Å². The first-order valence-corrected chi connectivity index (χ1v) is 6.34. The summed E-state index contributed by atoms with van der Waals surface area (Å²) >= 11 is 5.96. The molecule has 98 valence electrons. The van der Waals surface area contributed by atoms with Gasteiger partial charge in [-0.2, -0.15) is 0 Å². The predicted octanol–water partition coefficient (Wildman–Crippen LogP) is 1.81. The fourth-order valence-electron chi connectivity index (χ4n) is 2.31. The van der Waals surface area contributed by atoms with Gasteiger partial charge in [-0.1, -0.05) is 23.7 Å². The van der Waals surface area contributed by atoms with Crippen molar-refractivity contribution in [3.8, 4) is 0 Å². The molecular weight excluding hydrogens is 252 g/mol. The number of aliphatic carboxylic acids is 1. The summed E-state index contributed by atoms with van der Waals surface area (Å²) in [6, 6.07) is 7.70. The van der Waals surface area contributed by atoms with E-state index in [9.17, 15) is 4.79 Å². The number of carbonyl (C=O) groups is 1. The molecule has 1 aliphatic heterocycles. The zero-order chi connectivity index (χ0) is 13.2. The van der Waals surface area contributed by atoms with Crippen LogP contribution in [-0.4, -0.2) is 29.7 Å². The van der Waals surface area contributed by atoms with Crippen LogP contribution in [0.25, 0.3) is 0 Å². The van der Waals surface area contributed by atoms with Gasteiger partial charge in [0.05, 0.1) is 12.0 Å². The molecule has 18 heavy (non-hydrogen) atoms. The van der Waals surface area contributed by atoms with E-state index in [1.807, 2.05) is 31.2 Å². The van der Waals surface area contributed by atoms with Gasteiger partial charge in [0.15, 0.2) is 0 Å². The van der Waals surface area contributed by atoms with Crippen molar-refractivity contribution >= 4 is 17.6 Å². The Bertz CT molecular complexity index is 446. The lowest BCUT2D eigenvalue weighted by Crippen LogP contribution is -2.68. The van der Waals surface area contributed by atoms with E-state index < -0.39 is 5.97 Å². The van der Waals surface area contributed by atoms with Gasteiger partial charge < -0.3 is 15.7 Å². The number of nitrogens with one attached hydrogen (secondary N) is 2. The molecule has 0 spiro atoms. The summed E-state index contributed by atoms with van der Waals surface area (Å²) in [6.07, 6.45) is 0.130. The Hall–Kier alpha value is -1.10. The first-order chi connectivity index (χ1) is 8.51. The number of carboxylic acids is 1. The van der Waals surface area contributed by atoms with Crippen molar-refractivity contribution < 1.29 is 9.90 Å². The van der Waals surface area contributed by atoms with Crippen LogP contribution < -0.4 is 10.6 Å². The smallest absolute Gasteiger partial charge is 0.305 e. The molecule has 0 aliphatic carbocycles. The van der Waals surface area contributed by atoms with Gasteiger partial charge >= 0.3 is 5.97 Å². The summed E-state index contributed by atoms with van der Waals surface area (Å²) in [5.41, 5.74) is 0.729. The molecule has 2 rings (SSSR count). The Labute approximate surface area is 111 Å². The highest BCUT2D eigenvalue weighted by atomic mass is 35.5. The van der Waals surface area contributed by atoms with E-state index in [1.54, 1.807) is 0 Å². The lowest BCUT2D eigenvalue weighted by molar-refractivity contribution is -0.139. The number of hydrogen-bond acceptors (Lipinski definition) is 3. The molecule has 1 unspecified atom stereocenters. The lowest BCUT2D eigenvalue weighted by Gasteiger charge is -2.44. The maximum Gasteiger partial charge on any atom is 0.305 e. The maximum atomic E-state index is 10.9. The Morgan fingerprint density at radius 2 is 2.33 bits per heavy atom. The molecule has 1 saturated heterocycles. The van der Waals surface area contributed by atoms with Crippen LogP contribution in [-0.2, 0) is 4.79 Å². The normalized spacial score (nSPS) is 19.0. The average molecular weight is 269 g/mol. The summed E-state index contributed by atoms with van der Waals surface area (Å²) in [5, 5.41) is 16.2. The van der Waals surface area contributed by atoms with E-state index in [4.69, 9.17) is 16.7 Å². The third-order valence-electron chi connectivity index (χ3n) is 3.29. The van der Waals surface area contributed by atoms with Crippen molar-refractivity contribution in [2.75, 3.05) is 13.1 Å². The van der Waals surface area contributed by atoms with Gasteiger partial charge in [-0.05, 0) is 24.6 Å². The van der Waals surface area contributed by atoms with Gasteiger partial charge in [0.1, 0.15) is 0 Å². The fourth-order valence-corrected chi connectivity index (χ4v) is 2.51. The summed E-state index contributed by atoms with van der Waals surface area (Å²) in [6.45, 7) is 3.39. The Balaban J connectivity index is 2.06. The van der Waals surface area contributed by atoms with Crippen molar-refractivity contribution in [2.45, 2.75) is 24.9 Å². The van der Waals surface area contributed by atoms with Gasteiger partial charge in [-0.15, -0.1) is 0 Å². The van der Waals surface area contributed by atoms with Crippen LogP contribution in [0.1, 0.15) is 24.9 Å². The van der Waals surface area contributed by atoms with Crippen LogP contribution in [0.3, 0.4) is 0 Å². The SMILES string of the molecule is CC(NC1(CC(=O)O)CNC1)c1cccc(Cl)c1. The Morgan fingerprint density at radius 3 is 2.83 bits per heavy atom. The molecule has 0 aromatic heterocycles. The Kier molecular flexibility index (Phi) is 3.90. The van der Waals surface area contributed by atoms with Gasteiger partial charge in [0, 0.05) is 24.2 Å². The van der Waals surface area contributed by atoms with Crippen LogP contribution in [0, 0.1) is 0 Å². The van der Waals surface area contributed by atoms with E-state index in [-0.39, 0.29) is 18.0 Å². The van der Waals surface area contributed by atoms with E-state index in [0.29, 0.717) is 18.1 Å². The first kappa shape index (κ1) is 13.3. The quantitative estimate of drug-likeness (QED) is 0.762. The van der Waals surface area contributed by atoms with E-state index in [2.05, 4.69) is 10.6 Å². The summed E-state index contributed by atoms with van der Waals surface area (Å²) in [7, 11) is 0. The molecule has 1 fully saturated rings. The maximum absolute atomic E-state index is 10.9. The van der Waals surface area contributed by atoms with Crippen LogP contribution >= 0.6 is 11.6 Å². The van der Waals surface area contributed by atoms with Gasteiger partial charge in [-0.25, -0.2) is 0 Å². The van der Waals surface area contributed by atoms with Crippen LogP contribution in [0.15, 0.2) is 24.3 Å². The lowest BCUT2D eigenvalue weighted by atomic mass is 9.87. The summed E-state index contributed by atoms with van der Waals surface area (Å²) in [5.74, 6) is -0.776. The number of carboxylic acid groups (broad SMARTS) is 1. The molecule has 0 saturated carbocycles. The van der Waals surface area contributed by atoms with Crippen molar-refractivity contribution in [1.29, 1.82) is 0 Å². The van der Waals surface area contributed by atoms with Gasteiger partial charge in [0.25, 0.3) is 0 Å². The zero-order valence-corrected chi connectivity index (χ0v) is 11.0. The molecule has 1 aromatic rings. The second kappa shape index (κ2) is 5.26. The van der Waals surface area contributed by atoms with Crippen LogP contribution in [0.4, 0.5) is 0 Å². The Morgan fingerprint density at radius 1 is 1.61 bits per heavy atom.